The van der Waals surface area contributed by atoms with Gasteiger partial charge in [0.1, 0.15) is 16.1 Å². The van der Waals surface area contributed by atoms with Crippen LogP contribution in [0.25, 0.3) is 6.08 Å². The number of phenolic OH excluding ortho intramolecular Hbond substituents is 1. The number of hydrogen-bond donors (Lipinski definition) is 2. The summed E-state index contributed by atoms with van der Waals surface area (Å²) >= 11 is 6.38. The van der Waals surface area contributed by atoms with Crippen molar-refractivity contribution in [3.63, 3.8) is 0 Å². The summed E-state index contributed by atoms with van der Waals surface area (Å²) in [5.41, 5.74) is 1.33. The maximum atomic E-state index is 12.8. The molecule has 1 heterocycles. The summed E-state index contributed by atoms with van der Waals surface area (Å²) in [7, 11) is 0. The number of carbonyl (C=O) groups excluding carboxylic acids is 3. The smallest absolute Gasteiger partial charge is 0.338 e. The minimum absolute atomic E-state index is 0.0461. The lowest BCUT2D eigenvalue weighted by atomic mass is 10.1. The molecule has 160 valence electrons. The third-order valence-electron chi connectivity index (χ3n) is 4.48. The van der Waals surface area contributed by atoms with Crippen molar-refractivity contribution in [3.8, 4) is 5.75 Å². The zero-order valence-corrected chi connectivity index (χ0v) is 18.5. The topological polar surface area (TPSA) is 95.9 Å². The monoisotopic (exact) mass is 456 g/mol. The molecule has 1 aliphatic heterocycles. The molecule has 2 aromatic rings. The number of aromatic hydroxyl groups is 1. The van der Waals surface area contributed by atoms with Crippen LogP contribution in [0, 0.1) is 0 Å². The molecular formula is C22H20N2O5S2. The van der Waals surface area contributed by atoms with Crippen LogP contribution >= 0.6 is 24.0 Å². The number of hydrogen-bond acceptors (Lipinski definition) is 7. The van der Waals surface area contributed by atoms with Crippen molar-refractivity contribution in [2.24, 2.45) is 0 Å². The van der Waals surface area contributed by atoms with E-state index in [1.807, 2.05) is 0 Å². The van der Waals surface area contributed by atoms with Gasteiger partial charge < -0.3 is 15.2 Å². The van der Waals surface area contributed by atoms with E-state index in [-0.39, 0.29) is 16.7 Å². The van der Waals surface area contributed by atoms with Crippen molar-refractivity contribution >= 4 is 57.8 Å². The summed E-state index contributed by atoms with van der Waals surface area (Å²) in [5, 5.41) is 12.6. The van der Waals surface area contributed by atoms with Crippen LogP contribution in [0.15, 0.2) is 53.4 Å². The van der Waals surface area contributed by atoms with Gasteiger partial charge in [0.2, 0.25) is 5.91 Å². The second-order valence-corrected chi connectivity index (χ2v) is 8.25. The second kappa shape index (κ2) is 9.76. The second-order valence-electron chi connectivity index (χ2n) is 6.57. The predicted octanol–water partition coefficient (Wildman–Crippen LogP) is 3.80. The van der Waals surface area contributed by atoms with Crippen LogP contribution < -0.4 is 5.32 Å². The van der Waals surface area contributed by atoms with Gasteiger partial charge in [0, 0.05) is 11.3 Å². The van der Waals surface area contributed by atoms with Gasteiger partial charge in [0.15, 0.2) is 0 Å². The number of nitrogens with zero attached hydrogens (tertiary/aromatic N) is 1. The highest BCUT2D eigenvalue weighted by molar-refractivity contribution is 8.26. The summed E-state index contributed by atoms with van der Waals surface area (Å²) in [6.45, 7) is 3.58. The summed E-state index contributed by atoms with van der Waals surface area (Å²) < 4.78 is 5.19. The van der Waals surface area contributed by atoms with E-state index in [0.717, 1.165) is 11.8 Å². The van der Waals surface area contributed by atoms with Gasteiger partial charge in [-0.15, -0.1) is 0 Å². The third kappa shape index (κ3) is 5.12. The number of thioether (sulfide) groups is 1. The fourth-order valence-corrected chi connectivity index (χ4v) is 4.24. The van der Waals surface area contributed by atoms with Crippen LogP contribution in [-0.2, 0) is 14.3 Å². The Hall–Kier alpha value is -3.17. The molecule has 3 rings (SSSR count). The van der Waals surface area contributed by atoms with E-state index in [1.165, 1.54) is 11.0 Å². The minimum Gasteiger partial charge on any atom is -0.507 e. The highest BCUT2D eigenvalue weighted by Gasteiger charge is 2.38. The quantitative estimate of drug-likeness (QED) is 0.388. The van der Waals surface area contributed by atoms with Crippen LogP contribution in [0.3, 0.4) is 0 Å². The van der Waals surface area contributed by atoms with E-state index in [9.17, 15) is 19.5 Å². The lowest BCUT2D eigenvalue weighted by Crippen LogP contribution is -2.44. The van der Waals surface area contributed by atoms with Crippen LogP contribution in [0.4, 0.5) is 5.69 Å². The number of thiocarbonyl (C=S) groups is 1. The van der Waals surface area contributed by atoms with Gasteiger partial charge >= 0.3 is 5.97 Å². The largest absolute Gasteiger partial charge is 0.507 e. The summed E-state index contributed by atoms with van der Waals surface area (Å²) in [6.07, 6.45) is 1.55. The Bertz CT molecular complexity index is 1070. The Kier molecular flexibility index (Phi) is 7.09. The Morgan fingerprint density at radius 1 is 1.23 bits per heavy atom. The number of benzene rings is 2. The molecular weight excluding hydrogens is 436 g/mol. The molecule has 1 aliphatic rings. The first kappa shape index (κ1) is 22.5. The SMILES string of the molecule is CCOC(=O)c1ccc(NC(=O)C(C)N2C(=O)/C(=C/c3ccccc3O)SC2=S)cc1. The third-order valence-corrected chi connectivity index (χ3v) is 5.81. The van der Waals surface area contributed by atoms with Gasteiger partial charge in [-0.05, 0) is 50.3 Å². The van der Waals surface area contributed by atoms with E-state index < -0.39 is 23.8 Å². The lowest BCUT2D eigenvalue weighted by molar-refractivity contribution is -0.129. The zero-order chi connectivity index (χ0) is 22.5. The molecule has 7 nitrogen and oxygen atoms in total. The molecule has 0 bridgehead atoms. The lowest BCUT2D eigenvalue weighted by Gasteiger charge is -2.22. The average molecular weight is 457 g/mol. The first-order valence-electron chi connectivity index (χ1n) is 9.45. The number of anilines is 1. The molecule has 0 aliphatic carbocycles. The van der Waals surface area contributed by atoms with Crippen LogP contribution in [0.2, 0.25) is 0 Å². The fraction of sp³-hybridized carbons (Fsp3) is 0.182. The normalized spacial score (nSPS) is 15.8. The van der Waals surface area contributed by atoms with Crippen molar-refractivity contribution in [2.75, 3.05) is 11.9 Å². The zero-order valence-electron chi connectivity index (χ0n) is 16.8. The van der Waals surface area contributed by atoms with Crippen LogP contribution in [-0.4, -0.2) is 44.8 Å². The molecule has 2 amide bonds. The summed E-state index contributed by atoms with van der Waals surface area (Å²) in [4.78, 5) is 38.8. The standard InChI is InChI=1S/C22H20N2O5S2/c1-3-29-21(28)14-8-10-16(11-9-14)23-19(26)13(2)24-20(27)18(31-22(24)30)12-15-6-4-5-7-17(15)25/h4-13,25H,3H2,1-2H3,(H,23,26)/b18-12-. The molecule has 0 saturated carbocycles. The van der Waals surface area contributed by atoms with Gasteiger partial charge in [-0.25, -0.2) is 4.79 Å². The molecule has 0 spiro atoms. The predicted molar refractivity (Wildman–Crippen MR) is 124 cm³/mol. The number of phenols is 1. The van der Waals surface area contributed by atoms with E-state index >= 15 is 0 Å². The van der Waals surface area contributed by atoms with Gasteiger partial charge in [-0.1, -0.05) is 42.2 Å². The van der Waals surface area contributed by atoms with Gasteiger partial charge in [-0.2, -0.15) is 0 Å². The molecule has 2 N–H and O–H groups in total. The number of rotatable bonds is 6. The first-order chi connectivity index (χ1) is 14.8. The van der Waals surface area contributed by atoms with E-state index in [2.05, 4.69) is 5.32 Å². The molecule has 0 radical (unpaired) electrons. The van der Waals surface area contributed by atoms with Crippen molar-refractivity contribution < 1.29 is 24.2 Å². The minimum atomic E-state index is -0.854. The maximum absolute atomic E-state index is 12.8. The number of ether oxygens (including phenoxy) is 1. The summed E-state index contributed by atoms with van der Waals surface area (Å²) in [6, 6.07) is 12.0. The van der Waals surface area contributed by atoms with Crippen molar-refractivity contribution in [3.05, 3.63) is 64.6 Å². The molecule has 31 heavy (non-hydrogen) atoms. The Morgan fingerprint density at radius 3 is 2.55 bits per heavy atom. The van der Waals surface area contributed by atoms with Gasteiger partial charge in [0.25, 0.3) is 5.91 Å². The van der Waals surface area contributed by atoms with Crippen molar-refractivity contribution in [2.45, 2.75) is 19.9 Å². The van der Waals surface area contributed by atoms with E-state index in [4.69, 9.17) is 17.0 Å². The molecule has 1 saturated heterocycles. The number of nitrogens with one attached hydrogen (secondary N) is 1. The van der Waals surface area contributed by atoms with Crippen LogP contribution in [0.5, 0.6) is 5.75 Å². The molecule has 0 aromatic heterocycles. The first-order valence-corrected chi connectivity index (χ1v) is 10.7. The van der Waals surface area contributed by atoms with Crippen molar-refractivity contribution in [1.82, 2.24) is 4.90 Å². The van der Waals surface area contributed by atoms with Gasteiger partial charge in [-0.3, -0.25) is 14.5 Å². The molecule has 1 fully saturated rings. The van der Waals surface area contributed by atoms with E-state index in [0.29, 0.717) is 21.7 Å². The summed E-state index contributed by atoms with van der Waals surface area (Å²) in [5.74, 6) is -1.23. The number of carbonyl (C=O) groups is 3. The Balaban J connectivity index is 1.70. The molecule has 9 heteroatoms. The molecule has 1 unspecified atom stereocenters. The van der Waals surface area contributed by atoms with Gasteiger partial charge in [0.05, 0.1) is 17.1 Å². The highest BCUT2D eigenvalue weighted by Crippen LogP contribution is 2.35. The van der Waals surface area contributed by atoms with Crippen LogP contribution in [0.1, 0.15) is 29.8 Å². The average Bonchev–Trinajstić information content (AvgIpc) is 3.02. The number of esters is 1. The number of para-hydroxylation sites is 1. The van der Waals surface area contributed by atoms with Crippen molar-refractivity contribution in [1.29, 1.82) is 0 Å². The fourth-order valence-electron chi connectivity index (χ4n) is 2.83. The van der Waals surface area contributed by atoms with E-state index in [1.54, 1.807) is 62.4 Å². The Morgan fingerprint density at radius 2 is 1.90 bits per heavy atom. The molecule has 1 atom stereocenters. The highest BCUT2D eigenvalue weighted by atomic mass is 32.2. The number of amides is 2. The Labute approximate surface area is 189 Å². The maximum Gasteiger partial charge on any atom is 0.338 e. The molecule has 2 aromatic carbocycles.